The van der Waals surface area contributed by atoms with Crippen LogP contribution in [-0.2, 0) is 16.1 Å². The number of imidazole rings is 1. The first-order valence-corrected chi connectivity index (χ1v) is 19.9. The number of carbonyl (C=O) groups is 3. The second-order valence-electron chi connectivity index (χ2n) is 15.6. The van der Waals surface area contributed by atoms with Crippen LogP contribution in [0.25, 0.3) is 22.3 Å². The van der Waals surface area contributed by atoms with Crippen molar-refractivity contribution in [3.63, 3.8) is 0 Å². The molecule has 3 fully saturated rings. The van der Waals surface area contributed by atoms with E-state index in [0.29, 0.717) is 40.7 Å². The summed E-state index contributed by atoms with van der Waals surface area (Å²) in [5, 5.41) is 8.07. The molecule has 8 rings (SSSR count). The summed E-state index contributed by atoms with van der Waals surface area (Å²) in [5.74, 6) is -0.956. The van der Waals surface area contributed by atoms with Gasteiger partial charge in [0, 0.05) is 87.3 Å². The monoisotopic (exact) mass is 791 g/mol. The molecule has 1 unspecified atom stereocenters. The third-order valence-corrected chi connectivity index (χ3v) is 11.4. The molecule has 0 aliphatic carbocycles. The number of halogens is 2. The fourth-order valence-electron chi connectivity index (χ4n) is 8.32. The van der Waals surface area contributed by atoms with Crippen LogP contribution in [0.15, 0.2) is 60.9 Å². The van der Waals surface area contributed by atoms with E-state index in [1.165, 1.54) is 6.07 Å². The van der Waals surface area contributed by atoms with Gasteiger partial charge in [0.05, 0.1) is 11.7 Å². The summed E-state index contributed by atoms with van der Waals surface area (Å²) >= 11 is 0. The Morgan fingerprint density at radius 2 is 1.66 bits per heavy atom. The van der Waals surface area contributed by atoms with Crippen molar-refractivity contribution >= 4 is 46.2 Å². The van der Waals surface area contributed by atoms with Crippen LogP contribution in [-0.4, -0.2) is 103 Å². The average Bonchev–Trinajstić information content (AvgIpc) is 3.57. The number of benzene rings is 2. The summed E-state index contributed by atoms with van der Waals surface area (Å²) in [6, 6.07) is 14.2. The quantitative estimate of drug-likeness (QED) is 0.162. The number of anilines is 3. The molecule has 3 amide bonds. The Balaban J connectivity index is 0.800. The average molecular weight is 792 g/mol. The molecule has 58 heavy (non-hydrogen) atoms. The molecule has 5 aromatic rings. The number of amides is 3. The van der Waals surface area contributed by atoms with E-state index in [-0.39, 0.29) is 41.4 Å². The summed E-state index contributed by atoms with van der Waals surface area (Å²) in [4.78, 5) is 61.0. The molecule has 0 bridgehead atoms. The highest BCUT2D eigenvalue weighted by molar-refractivity contribution is 6.03. The predicted octanol–water partition coefficient (Wildman–Crippen LogP) is 5.12. The first-order chi connectivity index (χ1) is 28.0. The Morgan fingerprint density at radius 3 is 2.34 bits per heavy atom. The summed E-state index contributed by atoms with van der Waals surface area (Å²) in [6.07, 6.45) is 5.54. The van der Waals surface area contributed by atoms with Crippen LogP contribution >= 0.6 is 0 Å². The summed E-state index contributed by atoms with van der Waals surface area (Å²) in [6.45, 7) is 12.3. The predicted molar refractivity (Wildman–Crippen MR) is 215 cm³/mol. The van der Waals surface area contributed by atoms with E-state index in [9.17, 15) is 14.4 Å². The normalized spacial score (nSPS) is 18.5. The molecule has 0 radical (unpaired) electrons. The van der Waals surface area contributed by atoms with Crippen molar-refractivity contribution in [1.82, 2.24) is 44.9 Å². The molecule has 3 aliphatic heterocycles. The van der Waals surface area contributed by atoms with Gasteiger partial charge in [0.25, 0.3) is 5.91 Å². The first-order valence-electron chi connectivity index (χ1n) is 19.9. The van der Waals surface area contributed by atoms with Crippen molar-refractivity contribution in [2.75, 3.05) is 49.5 Å². The lowest BCUT2D eigenvalue weighted by Crippen LogP contribution is -2.53. The molecule has 3 aliphatic rings. The van der Waals surface area contributed by atoms with Crippen molar-refractivity contribution in [3.05, 3.63) is 89.5 Å². The number of aryl methyl sites for hydroxylation is 1. The second-order valence-corrected chi connectivity index (χ2v) is 15.6. The minimum Gasteiger partial charge on any atom is -0.371 e. The number of carbonyl (C=O) groups excluding carboxylic acids is 3. The fourth-order valence-corrected chi connectivity index (χ4v) is 8.32. The van der Waals surface area contributed by atoms with E-state index in [2.05, 4.69) is 50.6 Å². The lowest BCUT2D eigenvalue weighted by Gasteiger charge is -2.43. The van der Waals surface area contributed by atoms with Crippen molar-refractivity contribution < 1.29 is 23.2 Å². The Labute approximate surface area is 335 Å². The number of piperazine rings is 1. The smallest absolute Gasteiger partial charge is 0.251 e. The van der Waals surface area contributed by atoms with Crippen molar-refractivity contribution in [3.8, 4) is 11.3 Å². The molecule has 3 aromatic heterocycles. The zero-order chi connectivity index (χ0) is 40.5. The van der Waals surface area contributed by atoms with Gasteiger partial charge >= 0.3 is 0 Å². The minimum absolute atomic E-state index is 0.0165. The number of rotatable bonds is 10. The van der Waals surface area contributed by atoms with E-state index in [0.717, 1.165) is 76.1 Å². The number of imide groups is 1. The zero-order valence-corrected chi connectivity index (χ0v) is 32.8. The lowest BCUT2D eigenvalue weighted by atomic mass is 10.0. The molecule has 6 heterocycles. The summed E-state index contributed by atoms with van der Waals surface area (Å²) in [5.41, 5.74) is 3.73. The Bertz CT molecular complexity index is 2320. The largest absolute Gasteiger partial charge is 0.371 e. The third-order valence-electron chi connectivity index (χ3n) is 11.4. The van der Waals surface area contributed by atoms with E-state index in [4.69, 9.17) is 0 Å². The van der Waals surface area contributed by atoms with Gasteiger partial charge in [0.1, 0.15) is 28.9 Å². The number of nitrogens with one attached hydrogen (secondary N) is 3. The maximum absolute atomic E-state index is 15.1. The number of hydrogen-bond acceptors (Lipinski definition) is 11. The van der Waals surface area contributed by atoms with Crippen LogP contribution in [0, 0.1) is 18.6 Å². The number of nitrogens with zero attached hydrogens (tertiary/aromatic N) is 8. The van der Waals surface area contributed by atoms with Crippen LogP contribution in [0.2, 0.25) is 0 Å². The summed E-state index contributed by atoms with van der Waals surface area (Å²) < 4.78 is 32.1. The van der Waals surface area contributed by atoms with Gasteiger partial charge in [-0.3, -0.25) is 29.5 Å². The molecular weight excluding hydrogens is 745 g/mol. The molecule has 0 saturated carbocycles. The number of piperidine rings is 2. The van der Waals surface area contributed by atoms with Crippen LogP contribution in [0.1, 0.15) is 67.3 Å². The van der Waals surface area contributed by atoms with Crippen LogP contribution in [0.3, 0.4) is 0 Å². The molecule has 302 valence electrons. The van der Waals surface area contributed by atoms with Crippen LogP contribution in [0.4, 0.5) is 26.2 Å². The second kappa shape index (κ2) is 16.5. The highest BCUT2D eigenvalue weighted by Gasteiger charge is 2.30. The van der Waals surface area contributed by atoms with Gasteiger partial charge in [-0.2, -0.15) is 0 Å². The Kier molecular flexibility index (Phi) is 11.1. The standard InChI is InChI=1S/C42H47F2N11O3/c1-25(2)55-26(3)47-39-32(43)20-29(21-35(39)55)38-33(44)23-46-42(51-38)49-36-10-4-27(22-45-36)24-52-16-18-54(19-17-52)31-12-14-53(15-13-31)30-7-5-28(6-8-30)40(57)48-34-9-11-37(56)50-41(34)58/h4-8,10,20-23,25,31,34H,9,11-19,24H2,1-3H3,(H,48,57)(H,50,56,58)(H,45,46,49,51). The van der Waals surface area contributed by atoms with Gasteiger partial charge in [0.15, 0.2) is 11.6 Å². The van der Waals surface area contributed by atoms with Crippen molar-refractivity contribution in [2.45, 2.75) is 71.1 Å². The van der Waals surface area contributed by atoms with Crippen LogP contribution in [0.5, 0.6) is 0 Å². The van der Waals surface area contributed by atoms with E-state index in [1.54, 1.807) is 18.2 Å². The molecule has 0 spiro atoms. The van der Waals surface area contributed by atoms with Gasteiger partial charge in [-0.15, -0.1) is 0 Å². The molecule has 14 nitrogen and oxygen atoms in total. The topological polar surface area (TPSA) is 154 Å². The van der Waals surface area contributed by atoms with E-state index in [1.807, 2.05) is 55.8 Å². The Hall–Kier alpha value is -5.87. The number of pyridine rings is 1. The summed E-state index contributed by atoms with van der Waals surface area (Å²) in [7, 11) is 0. The molecule has 2 aromatic carbocycles. The van der Waals surface area contributed by atoms with Gasteiger partial charge in [-0.1, -0.05) is 6.07 Å². The molecule has 16 heteroatoms. The number of fused-ring (bicyclic) bond motifs is 1. The molecule has 3 N–H and O–H groups in total. The SMILES string of the molecule is Cc1nc2c(F)cc(-c3nc(Nc4ccc(CN5CCN(C6CCN(c7ccc(C(=O)NC8CCC(=O)NC8=O)cc7)CC6)CC5)cn4)ncc3F)cc2n1C(C)C. The van der Waals surface area contributed by atoms with Gasteiger partial charge in [-0.05, 0) is 88.1 Å². The third kappa shape index (κ3) is 8.38. The van der Waals surface area contributed by atoms with Gasteiger partial charge < -0.3 is 20.1 Å². The molecule has 1 atom stereocenters. The highest BCUT2D eigenvalue weighted by Crippen LogP contribution is 2.31. The van der Waals surface area contributed by atoms with Crippen molar-refractivity contribution in [2.24, 2.45) is 0 Å². The molecular formula is C42H47F2N11O3. The maximum Gasteiger partial charge on any atom is 0.251 e. The van der Waals surface area contributed by atoms with Gasteiger partial charge in [0.2, 0.25) is 17.8 Å². The zero-order valence-electron chi connectivity index (χ0n) is 32.8. The van der Waals surface area contributed by atoms with E-state index < -0.39 is 23.6 Å². The maximum atomic E-state index is 15.1. The van der Waals surface area contributed by atoms with Crippen LogP contribution < -0.4 is 20.9 Å². The number of aromatic nitrogens is 5. The molecule has 3 saturated heterocycles. The van der Waals surface area contributed by atoms with Gasteiger partial charge in [-0.25, -0.2) is 28.7 Å². The highest BCUT2D eigenvalue weighted by atomic mass is 19.1. The Morgan fingerprint density at radius 1 is 0.897 bits per heavy atom. The number of hydrogen-bond donors (Lipinski definition) is 3. The minimum atomic E-state index is -0.700. The van der Waals surface area contributed by atoms with E-state index >= 15 is 8.78 Å². The van der Waals surface area contributed by atoms with Crippen molar-refractivity contribution in [1.29, 1.82) is 0 Å². The first kappa shape index (κ1) is 39.0. The fraction of sp³-hybridized carbons (Fsp3) is 0.405. The lowest BCUT2D eigenvalue weighted by molar-refractivity contribution is -0.134.